The summed E-state index contributed by atoms with van der Waals surface area (Å²) in [6.07, 6.45) is 5.41. The number of carbonyl (C=O) groups excluding carboxylic acids is 2. The maximum absolute atomic E-state index is 14.0. The molecule has 54 heavy (non-hydrogen) atoms. The van der Waals surface area contributed by atoms with E-state index in [2.05, 4.69) is 16.5 Å². The molecule has 0 radical (unpaired) electrons. The first kappa shape index (κ1) is 37.7. The predicted octanol–water partition coefficient (Wildman–Crippen LogP) is 7.41. The molecule has 0 saturated carbocycles. The number of esters is 2. The molecule has 2 unspecified atom stereocenters. The monoisotopic (exact) mass is 732 g/mol. The van der Waals surface area contributed by atoms with Crippen LogP contribution in [0.1, 0.15) is 92.0 Å². The Hall–Kier alpha value is -6.04. The van der Waals surface area contributed by atoms with Gasteiger partial charge in [-0.25, -0.2) is 9.78 Å². The number of rotatable bonds is 11. The third kappa shape index (κ3) is 6.56. The summed E-state index contributed by atoms with van der Waals surface area (Å²) >= 11 is 0. The van der Waals surface area contributed by atoms with Gasteiger partial charge in [-0.15, -0.1) is 0 Å². The third-order valence-corrected chi connectivity index (χ3v) is 10.7. The molecule has 3 aromatic heterocycles. The van der Waals surface area contributed by atoms with E-state index < -0.39 is 35.2 Å². The first-order chi connectivity index (χ1) is 25.7. The number of aromatic nitrogens is 4. The van der Waals surface area contributed by atoms with Crippen LogP contribution in [-0.4, -0.2) is 67.2 Å². The molecule has 0 aromatic carbocycles. The predicted molar refractivity (Wildman–Crippen MR) is 206 cm³/mol. The lowest BCUT2D eigenvalue weighted by Crippen LogP contribution is -2.42. The molecule has 0 saturated heterocycles. The Balaban J connectivity index is 1.77. The van der Waals surface area contributed by atoms with Crippen molar-refractivity contribution in [3.8, 4) is 0 Å². The first-order valence-electron chi connectivity index (χ1n) is 18.0. The van der Waals surface area contributed by atoms with E-state index >= 15 is 0 Å². The maximum Gasteiger partial charge on any atom is 0.334 e. The van der Waals surface area contributed by atoms with Crippen LogP contribution in [0.15, 0.2) is 48.6 Å². The van der Waals surface area contributed by atoms with Gasteiger partial charge in [0.2, 0.25) is 0 Å². The molecular formula is C42H44N4O8. The van der Waals surface area contributed by atoms with E-state index in [1.165, 1.54) is 0 Å². The molecule has 5 heterocycles. The van der Waals surface area contributed by atoms with Crippen molar-refractivity contribution in [1.82, 2.24) is 19.9 Å². The molecule has 4 N–H and O–H groups in total. The van der Waals surface area contributed by atoms with Gasteiger partial charge in [-0.05, 0) is 112 Å². The van der Waals surface area contributed by atoms with E-state index in [-0.39, 0.29) is 44.5 Å². The number of aliphatic carboxylic acids is 2. The number of nitrogens with zero attached hydrogens (tertiary/aromatic N) is 2. The number of aromatic amines is 2. The molecule has 2 aliphatic heterocycles. The number of fused-ring (bicyclic) bond motifs is 11. The van der Waals surface area contributed by atoms with E-state index in [0.29, 0.717) is 44.9 Å². The number of ether oxygens (including phenoxy) is 2. The maximum atomic E-state index is 14.0. The first-order valence-corrected chi connectivity index (χ1v) is 18.0. The van der Waals surface area contributed by atoms with Crippen LogP contribution < -0.4 is 0 Å². The molecule has 2 atom stereocenters. The van der Waals surface area contributed by atoms with E-state index in [4.69, 9.17) is 19.4 Å². The van der Waals surface area contributed by atoms with Crippen molar-refractivity contribution in [2.75, 3.05) is 13.2 Å². The van der Waals surface area contributed by atoms with Gasteiger partial charge in [0.05, 0.1) is 47.0 Å². The highest BCUT2D eigenvalue weighted by Gasteiger charge is 2.53. The largest absolute Gasteiger partial charge is 0.481 e. The number of H-pyrrole nitrogens is 2. The van der Waals surface area contributed by atoms with Crippen molar-refractivity contribution in [3.63, 3.8) is 0 Å². The minimum absolute atomic E-state index is 0.0891. The van der Waals surface area contributed by atoms with Gasteiger partial charge in [0.15, 0.2) is 0 Å². The molecule has 3 aromatic rings. The minimum atomic E-state index is -1.18. The van der Waals surface area contributed by atoms with E-state index in [1.807, 2.05) is 52.0 Å². The van der Waals surface area contributed by atoms with Crippen molar-refractivity contribution in [2.24, 2.45) is 5.92 Å². The molecule has 8 bridgehead atoms. The number of nitrogens with one attached hydrogen (secondary N) is 2. The van der Waals surface area contributed by atoms with Gasteiger partial charge in [0.1, 0.15) is 5.92 Å². The van der Waals surface area contributed by atoms with Gasteiger partial charge < -0.3 is 29.7 Å². The average molecular weight is 733 g/mol. The topological polar surface area (TPSA) is 185 Å². The fraction of sp³-hybridized carbons (Fsp3) is 0.333. The van der Waals surface area contributed by atoms with Crippen molar-refractivity contribution in [3.05, 3.63) is 93.6 Å². The SMILES string of the molecule is C=Cc1c(C)c2cc3nc(cc4[nH]c(cc5nc(cc1[nH]2)C1(C)C5=CC=C(C(=O)OCC)C1C(=O)OCC)c(C)c4CCC(=O)O)C(CCC(=O)O)=C3C. The Kier molecular flexibility index (Phi) is 10.3. The summed E-state index contributed by atoms with van der Waals surface area (Å²) < 4.78 is 11.0. The summed E-state index contributed by atoms with van der Waals surface area (Å²) in [5.41, 5.74) is 9.52. The fourth-order valence-electron chi connectivity index (χ4n) is 7.79. The highest BCUT2D eigenvalue weighted by atomic mass is 16.5. The van der Waals surface area contributed by atoms with Crippen molar-refractivity contribution < 1.29 is 38.9 Å². The van der Waals surface area contributed by atoms with Crippen LogP contribution in [0.4, 0.5) is 0 Å². The minimum Gasteiger partial charge on any atom is -0.481 e. The molecular weight excluding hydrogens is 688 g/mol. The molecule has 1 aliphatic carbocycles. The van der Waals surface area contributed by atoms with Gasteiger partial charge in [-0.1, -0.05) is 24.8 Å². The second kappa shape index (κ2) is 14.8. The quantitative estimate of drug-likeness (QED) is 0.145. The molecule has 6 rings (SSSR count). The summed E-state index contributed by atoms with van der Waals surface area (Å²) in [7, 11) is 0. The van der Waals surface area contributed by atoms with Crippen LogP contribution in [0.3, 0.4) is 0 Å². The van der Waals surface area contributed by atoms with Crippen molar-refractivity contribution in [1.29, 1.82) is 0 Å². The number of hydrogen-bond acceptors (Lipinski definition) is 8. The van der Waals surface area contributed by atoms with Crippen LogP contribution in [0.5, 0.6) is 0 Å². The van der Waals surface area contributed by atoms with Crippen LogP contribution in [0.2, 0.25) is 0 Å². The molecule has 0 amide bonds. The van der Waals surface area contributed by atoms with E-state index in [0.717, 1.165) is 38.9 Å². The molecule has 0 spiro atoms. The standard InChI is InChI=1S/C42H44N4O8/c1-8-24-21(4)29-17-30-22(5)25(12-15-37(47)48)32(43-30)19-33-26(13-16-38(49)50)23(6)31(44-33)18-35-28-14-11-27(40(51)53-9-2)39(41(52)54-10-3)42(28,7)36(46-35)20-34(24)45-29/h8,11,14,17-20,39,44-45H,1,9-10,12-13,15-16H2,2-7H3,(H,47,48)(H,49,50). The second-order valence-corrected chi connectivity index (χ2v) is 13.8. The van der Waals surface area contributed by atoms with Gasteiger partial charge in [-0.2, -0.15) is 0 Å². The van der Waals surface area contributed by atoms with E-state index in [1.54, 1.807) is 32.1 Å². The smallest absolute Gasteiger partial charge is 0.334 e. The number of carboxylic acid groups (broad SMARTS) is 2. The number of allylic oxidation sites excluding steroid dienone is 5. The summed E-state index contributed by atoms with van der Waals surface area (Å²) in [5, 5.41) is 19.2. The number of aryl methyl sites for hydroxylation is 3. The highest BCUT2D eigenvalue weighted by Crippen LogP contribution is 2.52. The zero-order valence-electron chi connectivity index (χ0n) is 31.3. The van der Waals surface area contributed by atoms with Crippen LogP contribution in [-0.2, 0) is 40.5 Å². The van der Waals surface area contributed by atoms with Gasteiger partial charge in [0, 0.05) is 40.5 Å². The highest BCUT2D eigenvalue weighted by molar-refractivity contribution is 6.02. The summed E-state index contributed by atoms with van der Waals surface area (Å²) in [4.78, 5) is 68.0. The Labute approximate surface area is 312 Å². The zero-order valence-corrected chi connectivity index (χ0v) is 31.3. The van der Waals surface area contributed by atoms with Crippen LogP contribution in [0, 0.1) is 19.8 Å². The summed E-state index contributed by atoms with van der Waals surface area (Å²) in [6.45, 7) is 15.4. The fourth-order valence-corrected chi connectivity index (χ4v) is 7.79. The van der Waals surface area contributed by atoms with Crippen molar-refractivity contribution in [2.45, 2.75) is 72.6 Å². The van der Waals surface area contributed by atoms with E-state index in [9.17, 15) is 29.4 Å². The molecule has 0 fully saturated rings. The summed E-state index contributed by atoms with van der Waals surface area (Å²) in [5.74, 6) is -4.17. The van der Waals surface area contributed by atoms with Gasteiger partial charge >= 0.3 is 23.9 Å². The third-order valence-electron chi connectivity index (χ3n) is 10.7. The lowest BCUT2D eigenvalue weighted by atomic mass is 9.64. The van der Waals surface area contributed by atoms with Gasteiger partial charge in [0.25, 0.3) is 0 Å². The molecule has 12 heteroatoms. The Morgan fingerprint density at radius 1 is 0.815 bits per heavy atom. The number of carbonyl (C=O) groups is 4. The molecule has 3 aliphatic rings. The van der Waals surface area contributed by atoms with Crippen molar-refractivity contribution >= 4 is 68.7 Å². The Morgan fingerprint density at radius 3 is 2.11 bits per heavy atom. The Bertz CT molecular complexity index is 2390. The molecule has 12 nitrogen and oxygen atoms in total. The normalized spacial score (nSPS) is 17.7. The average Bonchev–Trinajstić information content (AvgIpc) is 3.77. The second-order valence-electron chi connectivity index (χ2n) is 13.8. The lowest BCUT2D eigenvalue weighted by Gasteiger charge is -2.36. The lowest BCUT2D eigenvalue weighted by molar-refractivity contribution is -0.151. The molecule has 280 valence electrons. The number of hydrogen-bond donors (Lipinski definition) is 4. The van der Waals surface area contributed by atoms with Crippen LogP contribution >= 0.6 is 0 Å². The Morgan fingerprint density at radius 2 is 1.44 bits per heavy atom. The van der Waals surface area contributed by atoms with Gasteiger partial charge in [-0.3, -0.25) is 19.4 Å². The number of carboxylic acids is 2. The zero-order chi connectivity index (χ0) is 39.1. The van der Waals surface area contributed by atoms with Crippen LogP contribution in [0.25, 0.3) is 44.9 Å². The summed E-state index contributed by atoms with van der Waals surface area (Å²) in [6, 6.07) is 7.51.